The third-order valence-corrected chi connectivity index (χ3v) is 24.3. The fourth-order valence-electron chi connectivity index (χ4n) is 10.3. The van der Waals surface area contributed by atoms with Crippen molar-refractivity contribution in [2.24, 2.45) is 0 Å². The van der Waals surface area contributed by atoms with Crippen LogP contribution in [0.3, 0.4) is 0 Å². The largest absolute Gasteiger partial charge is 0.482 e. The van der Waals surface area contributed by atoms with E-state index in [0.29, 0.717) is 5.75 Å². The zero-order valence-corrected chi connectivity index (χ0v) is 60.2. The van der Waals surface area contributed by atoms with Gasteiger partial charge in [-0.3, -0.25) is 0 Å². The van der Waals surface area contributed by atoms with Crippen molar-refractivity contribution in [3.8, 4) is 17.6 Å². The van der Waals surface area contributed by atoms with Crippen molar-refractivity contribution in [1.82, 2.24) is 0 Å². The Balaban J connectivity index is 0.000000154. The maximum Gasteiger partial charge on any atom is 0.344 e. The Morgan fingerprint density at radius 3 is 0.691 bits per heavy atom. The third kappa shape index (κ3) is 23.7. The molecule has 97 heavy (non-hydrogen) atoms. The minimum Gasteiger partial charge on any atom is -0.482 e. The Hall–Kier alpha value is -8.97. The average Bonchev–Trinajstić information content (AvgIpc) is 0.891. The van der Waals surface area contributed by atoms with Gasteiger partial charge in [0.15, 0.2) is 6.61 Å². The van der Waals surface area contributed by atoms with Crippen molar-refractivity contribution in [3.05, 3.63) is 393 Å². The molecule has 0 spiro atoms. The van der Waals surface area contributed by atoms with Crippen molar-refractivity contribution in [1.29, 1.82) is 0 Å². The summed E-state index contributed by atoms with van der Waals surface area (Å²) >= 11 is 0. The Morgan fingerprint density at radius 2 is 0.515 bits per heavy atom. The zero-order chi connectivity index (χ0) is 66.8. The second-order valence-corrected chi connectivity index (χ2v) is 31.5. The quantitative estimate of drug-likeness (QED) is 0.0481. The molecule has 0 saturated heterocycles. The molecule has 1 N–H and O–H groups in total. The van der Waals surface area contributed by atoms with E-state index in [0.717, 1.165) is 11.1 Å². The van der Waals surface area contributed by atoms with Gasteiger partial charge >= 0.3 is 5.97 Å². The molecule has 0 saturated carbocycles. The maximum absolute atomic E-state index is 11.6. The molecule has 0 radical (unpaired) electrons. The summed E-state index contributed by atoms with van der Waals surface area (Å²) in [4.78, 5) is 11.6. The monoisotopic (exact) mass is 1430 g/mol. The van der Waals surface area contributed by atoms with Gasteiger partial charge in [0.05, 0.1) is 0 Å². The van der Waals surface area contributed by atoms with E-state index in [4.69, 9.17) is 14.6 Å². The fourth-order valence-corrected chi connectivity index (χ4v) is 19.5. The minimum absolute atomic E-state index is 0. The number of hydrogen-bond donors (Lipinski definition) is 1. The van der Waals surface area contributed by atoms with Crippen LogP contribution < -0.4 is 68.4 Å². The van der Waals surface area contributed by atoms with Crippen LogP contribution in [0.2, 0.25) is 0 Å². The normalized spacial score (nSPS) is 10.4. The van der Waals surface area contributed by atoms with Gasteiger partial charge in [0, 0.05) is 31.5 Å². The molecule has 4 nitrogen and oxygen atoms in total. The number of ether oxygens (including phenoxy) is 2. The summed E-state index contributed by atoms with van der Waals surface area (Å²) in [5.74, 6) is 5.59. The van der Waals surface area contributed by atoms with Crippen LogP contribution in [0.15, 0.2) is 382 Å². The molecule has 13 rings (SSSR count). The van der Waals surface area contributed by atoms with Crippen molar-refractivity contribution in [2.75, 3.05) is 13.2 Å². The van der Waals surface area contributed by atoms with Gasteiger partial charge in [0.1, 0.15) is 18.0 Å². The van der Waals surface area contributed by atoms with E-state index < -0.39 is 43.3 Å². The van der Waals surface area contributed by atoms with Gasteiger partial charge in [-0.1, -0.05) is 382 Å². The molecule has 0 fully saturated rings. The Bertz CT molecular complexity index is 3500. The first-order chi connectivity index (χ1) is 47.1. The van der Waals surface area contributed by atoms with Crippen LogP contribution >= 0.6 is 31.7 Å². The summed E-state index contributed by atoms with van der Waals surface area (Å²) in [7, 11) is -1.78. The molecular formula is C88H80O4P4Pd. The molecule has 486 valence electrons. The predicted octanol–water partition coefficient (Wildman–Crippen LogP) is 15.8. The minimum atomic E-state index is -0.524. The topological polar surface area (TPSA) is 55.8 Å². The van der Waals surface area contributed by atoms with Gasteiger partial charge in [-0.25, -0.2) is 4.79 Å². The van der Waals surface area contributed by atoms with E-state index in [-0.39, 0.29) is 33.6 Å². The number of hydrogen-bond acceptors (Lipinski definition) is 4. The van der Waals surface area contributed by atoms with Crippen LogP contribution in [0.4, 0.5) is 0 Å². The van der Waals surface area contributed by atoms with Gasteiger partial charge in [-0.15, -0.1) is 0 Å². The van der Waals surface area contributed by atoms with Crippen LogP contribution in [0, 0.1) is 18.8 Å². The van der Waals surface area contributed by atoms with E-state index in [1.807, 2.05) is 13.0 Å². The van der Waals surface area contributed by atoms with Crippen LogP contribution in [0.5, 0.6) is 5.75 Å². The maximum atomic E-state index is 11.6. The SMILES string of the molecule is Cc1c(C#CCO)cccc1OCC(=O)OC(C)(C)C.[Pd].c1ccc(P(c2ccccc2)c2ccccc2)cc1.c1ccc(P(c2ccccc2)c2ccccc2)cc1.c1ccc(P(c2ccccc2)c2ccccc2)cc1.c1ccc(P(c2ccccc2)c2ccccc2)cc1. The fraction of sp³-hybridized carbons (Fsp3) is 0.0795. The smallest absolute Gasteiger partial charge is 0.344 e. The number of rotatable bonds is 15. The number of aliphatic hydroxyl groups is 1. The number of aliphatic hydroxyl groups excluding tert-OH is 1. The summed E-state index contributed by atoms with van der Waals surface area (Å²) in [5, 5.41) is 25.5. The molecule has 0 aliphatic rings. The molecule has 13 aromatic rings. The van der Waals surface area contributed by atoms with E-state index in [1.54, 1.807) is 32.9 Å². The van der Waals surface area contributed by atoms with E-state index >= 15 is 0 Å². The van der Waals surface area contributed by atoms with Crippen LogP contribution in [0.1, 0.15) is 31.9 Å². The van der Waals surface area contributed by atoms with Gasteiger partial charge in [0.25, 0.3) is 0 Å². The van der Waals surface area contributed by atoms with Crippen LogP contribution in [-0.4, -0.2) is 29.9 Å². The molecule has 9 heteroatoms. The van der Waals surface area contributed by atoms with Gasteiger partial charge in [0.2, 0.25) is 0 Å². The number of esters is 1. The third-order valence-electron chi connectivity index (χ3n) is 14.5. The number of benzene rings is 13. The average molecular weight is 1430 g/mol. The molecule has 0 bridgehead atoms. The molecule has 0 heterocycles. The molecule has 13 aromatic carbocycles. The predicted molar refractivity (Wildman–Crippen MR) is 417 cm³/mol. The van der Waals surface area contributed by atoms with Crippen molar-refractivity contribution >= 4 is 101 Å². The van der Waals surface area contributed by atoms with E-state index in [1.165, 1.54) is 63.7 Å². The summed E-state index contributed by atoms with van der Waals surface area (Å²) in [6.07, 6.45) is 0. The molecule has 0 aliphatic carbocycles. The molecule has 0 amide bonds. The second-order valence-electron chi connectivity index (χ2n) is 22.6. The Morgan fingerprint density at radius 1 is 0.320 bits per heavy atom. The van der Waals surface area contributed by atoms with Crippen molar-refractivity contribution < 1.29 is 39.8 Å². The van der Waals surface area contributed by atoms with Gasteiger partial charge in [-0.05, 0) is 135 Å². The molecular weight excluding hydrogens is 1350 g/mol. The zero-order valence-electron chi connectivity index (χ0n) is 55.1. The first-order valence-electron chi connectivity index (χ1n) is 32.0. The summed E-state index contributed by atoms with van der Waals surface area (Å²) in [6, 6.07) is 135. The van der Waals surface area contributed by atoms with Crippen molar-refractivity contribution in [2.45, 2.75) is 33.3 Å². The van der Waals surface area contributed by atoms with Crippen LogP contribution in [-0.2, 0) is 30.0 Å². The standard InChI is InChI=1S/4C18H15P.C16H20O4.Pd/c4*1-4-10-16(11-5-1)19(17-12-6-2-7-13-17)18-14-8-3-9-15-18;1-12-13(8-6-10-17)7-5-9-14(12)19-11-15(18)20-16(2,3)4;/h4*1-15H;5,7,9,17H,10-11H2,1-4H3;. The number of carbonyl (C=O) groups is 1. The number of carbonyl (C=O) groups excluding carboxylic acids is 1. The second kappa shape index (κ2) is 40.6. The summed E-state index contributed by atoms with van der Waals surface area (Å²) in [5.41, 5.74) is 1.07. The van der Waals surface area contributed by atoms with Crippen LogP contribution in [0.25, 0.3) is 0 Å². The summed E-state index contributed by atoms with van der Waals surface area (Å²) < 4.78 is 10.6. The van der Waals surface area contributed by atoms with E-state index in [9.17, 15) is 4.79 Å². The molecule has 0 aromatic heterocycles. The Kier molecular flexibility index (Phi) is 30.9. The molecule has 0 unspecified atom stereocenters. The first kappa shape index (κ1) is 73.8. The summed E-state index contributed by atoms with van der Waals surface area (Å²) in [6.45, 7) is 6.94. The van der Waals surface area contributed by atoms with Crippen molar-refractivity contribution in [3.63, 3.8) is 0 Å². The Labute approximate surface area is 594 Å². The van der Waals surface area contributed by atoms with Gasteiger partial charge < -0.3 is 14.6 Å². The molecule has 0 aliphatic heterocycles. The first-order valence-corrected chi connectivity index (χ1v) is 37.4. The van der Waals surface area contributed by atoms with Gasteiger partial charge in [-0.2, -0.15) is 0 Å². The molecule has 0 atom stereocenters. The van der Waals surface area contributed by atoms with E-state index in [2.05, 4.69) is 376 Å².